The first-order valence-corrected chi connectivity index (χ1v) is 9.80. The maximum Gasteiger partial charge on any atom is 0.302 e. The van der Waals surface area contributed by atoms with Gasteiger partial charge in [-0.15, -0.1) is 0 Å². The molecule has 0 saturated heterocycles. The maximum absolute atomic E-state index is 11.8. The number of esters is 1. The van der Waals surface area contributed by atoms with Crippen molar-refractivity contribution >= 4 is 11.8 Å². The summed E-state index contributed by atoms with van der Waals surface area (Å²) in [5, 5.41) is 0. The minimum absolute atomic E-state index is 0.109. The van der Waals surface area contributed by atoms with Gasteiger partial charge >= 0.3 is 5.97 Å². The van der Waals surface area contributed by atoms with E-state index in [4.69, 9.17) is 4.74 Å². The van der Waals surface area contributed by atoms with Crippen LogP contribution in [0.15, 0.2) is 11.6 Å². The lowest BCUT2D eigenvalue weighted by Gasteiger charge is -2.55. The molecule has 3 fully saturated rings. The molecule has 4 aliphatic rings. The number of hydrogen-bond donors (Lipinski definition) is 0. The normalized spacial score (nSPS) is 47.3. The van der Waals surface area contributed by atoms with E-state index in [1.165, 1.54) is 24.8 Å². The van der Waals surface area contributed by atoms with Crippen LogP contribution in [-0.2, 0) is 14.3 Å². The van der Waals surface area contributed by atoms with Gasteiger partial charge in [0.25, 0.3) is 0 Å². The summed E-state index contributed by atoms with van der Waals surface area (Å²) in [4.78, 5) is 23.4. The van der Waals surface area contributed by atoms with E-state index in [1.54, 1.807) is 6.92 Å². The van der Waals surface area contributed by atoms with Gasteiger partial charge in [0, 0.05) is 18.8 Å². The third-order valence-corrected chi connectivity index (χ3v) is 7.86. The molecule has 0 amide bonds. The summed E-state index contributed by atoms with van der Waals surface area (Å²) in [6, 6.07) is 0. The number of carbonyl (C=O) groups is 2. The molecule has 3 heteroatoms. The number of allylic oxidation sites excluding steroid dienone is 1. The van der Waals surface area contributed by atoms with Gasteiger partial charge in [-0.3, -0.25) is 9.59 Å². The molecule has 24 heavy (non-hydrogen) atoms. The molecule has 4 rings (SSSR count). The van der Waals surface area contributed by atoms with Gasteiger partial charge < -0.3 is 4.74 Å². The number of fused-ring (bicyclic) bond motifs is 5. The van der Waals surface area contributed by atoms with Crippen LogP contribution in [0.25, 0.3) is 0 Å². The topological polar surface area (TPSA) is 43.4 Å². The zero-order valence-electron chi connectivity index (χ0n) is 15.2. The second-order valence-corrected chi connectivity index (χ2v) is 9.08. The standard InChI is InChI=1S/C21H30O3/c1-12-10-14-11-15(23)4-5-16(14)17-8-9-21(3)18(20(12)17)6-7-19(21)24-13(2)22/h11-12,16-20H,4-10H2,1-3H3/t12-,16?,17?,18?,19+,20?,21+/m1/s1. The fourth-order valence-electron chi connectivity index (χ4n) is 6.93. The van der Waals surface area contributed by atoms with E-state index >= 15 is 0 Å². The molecule has 3 saturated carbocycles. The van der Waals surface area contributed by atoms with E-state index in [9.17, 15) is 9.59 Å². The van der Waals surface area contributed by atoms with Crippen molar-refractivity contribution in [3.63, 3.8) is 0 Å². The molecule has 132 valence electrons. The summed E-state index contributed by atoms with van der Waals surface area (Å²) in [5.74, 6) is 3.64. The average molecular weight is 330 g/mol. The molecule has 0 N–H and O–H groups in total. The molecule has 0 radical (unpaired) electrons. The van der Waals surface area contributed by atoms with Crippen molar-refractivity contribution in [1.82, 2.24) is 0 Å². The van der Waals surface area contributed by atoms with Gasteiger partial charge in [0.1, 0.15) is 6.10 Å². The quantitative estimate of drug-likeness (QED) is 0.673. The molecule has 7 atom stereocenters. The molecule has 0 spiro atoms. The molecular formula is C21H30O3. The van der Waals surface area contributed by atoms with Crippen LogP contribution in [0.2, 0.25) is 0 Å². The Labute approximate surface area is 145 Å². The molecule has 4 unspecified atom stereocenters. The second kappa shape index (κ2) is 5.71. The highest BCUT2D eigenvalue weighted by Gasteiger charge is 2.58. The minimum atomic E-state index is -0.128. The number of ether oxygens (including phenoxy) is 1. The molecule has 0 aromatic carbocycles. The molecule has 4 aliphatic carbocycles. The molecule has 0 aromatic rings. The molecule has 0 aromatic heterocycles. The number of rotatable bonds is 1. The van der Waals surface area contributed by atoms with Crippen molar-refractivity contribution in [2.75, 3.05) is 0 Å². The predicted octanol–water partition coefficient (Wildman–Crippen LogP) is 4.31. The summed E-state index contributed by atoms with van der Waals surface area (Å²) in [6.45, 7) is 6.30. The van der Waals surface area contributed by atoms with Gasteiger partial charge in [-0.2, -0.15) is 0 Å². The number of hydrogen-bond acceptors (Lipinski definition) is 3. The van der Waals surface area contributed by atoms with Gasteiger partial charge in [0.2, 0.25) is 0 Å². The van der Waals surface area contributed by atoms with Gasteiger partial charge in [0.05, 0.1) is 0 Å². The lowest BCUT2D eigenvalue weighted by Crippen LogP contribution is -2.50. The van der Waals surface area contributed by atoms with Gasteiger partial charge in [0.15, 0.2) is 5.78 Å². The van der Waals surface area contributed by atoms with Gasteiger partial charge in [-0.1, -0.05) is 19.4 Å². The third kappa shape index (κ3) is 2.38. The summed E-state index contributed by atoms with van der Waals surface area (Å²) >= 11 is 0. The maximum atomic E-state index is 11.8. The predicted molar refractivity (Wildman–Crippen MR) is 92.2 cm³/mol. The fraction of sp³-hybridized carbons (Fsp3) is 0.810. The highest BCUT2D eigenvalue weighted by molar-refractivity contribution is 5.91. The Morgan fingerprint density at radius 3 is 2.79 bits per heavy atom. The van der Waals surface area contributed by atoms with Crippen LogP contribution in [0.4, 0.5) is 0 Å². The van der Waals surface area contributed by atoms with Crippen molar-refractivity contribution < 1.29 is 14.3 Å². The van der Waals surface area contributed by atoms with Crippen molar-refractivity contribution in [2.24, 2.45) is 35.0 Å². The second-order valence-electron chi connectivity index (χ2n) is 9.08. The van der Waals surface area contributed by atoms with Crippen LogP contribution >= 0.6 is 0 Å². The zero-order chi connectivity index (χ0) is 17.1. The summed E-state index contributed by atoms with van der Waals surface area (Å²) in [6.07, 6.45) is 9.62. The highest BCUT2D eigenvalue weighted by Crippen LogP contribution is 2.63. The van der Waals surface area contributed by atoms with Crippen molar-refractivity contribution in [2.45, 2.75) is 71.8 Å². The van der Waals surface area contributed by atoms with Crippen LogP contribution in [0, 0.1) is 35.0 Å². The average Bonchev–Trinajstić information content (AvgIpc) is 2.83. The van der Waals surface area contributed by atoms with Crippen LogP contribution in [-0.4, -0.2) is 17.9 Å². The molecule has 0 aliphatic heterocycles. The van der Waals surface area contributed by atoms with Gasteiger partial charge in [-0.05, 0) is 74.2 Å². The van der Waals surface area contributed by atoms with Crippen molar-refractivity contribution in [3.05, 3.63) is 11.6 Å². The van der Waals surface area contributed by atoms with Gasteiger partial charge in [-0.25, -0.2) is 0 Å². The number of carbonyl (C=O) groups excluding carboxylic acids is 2. The van der Waals surface area contributed by atoms with E-state index in [0.29, 0.717) is 23.5 Å². The van der Waals surface area contributed by atoms with Crippen LogP contribution in [0.3, 0.4) is 0 Å². The summed E-state index contributed by atoms with van der Waals surface area (Å²) < 4.78 is 5.72. The lowest BCUT2D eigenvalue weighted by molar-refractivity contribution is -0.157. The Balaban J connectivity index is 1.62. The minimum Gasteiger partial charge on any atom is -0.462 e. The summed E-state index contributed by atoms with van der Waals surface area (Å²) in [5.41, 5.74) is 1.60. The Kier molecular flexibility index (Phi) is 3.89. The van der Waals surface area contributed by atoms with Crippen LogP contribution in [0.1, 0.15) is 65.7 Å². The molecule has 0 bridgehead atoms. The highest BCUT2D eigenvalue weighted by atomic mass is 16.5. The Bertz CT molecular complexity index is 592. The first kappa shape index (κ1) is 16.4. The Morgan fingerprint density at radius 1 is 1.25 bits per heavy atom. The monoisotopic (exact) mass is 330 g/mol. The number of ketones is 1. The van der Waals surface area contributed by atoms with E-state index in [2.05, 4.69) is 13.8 Å². The van der Waals surface area contributed by atoms with Crippen LogP contribution in [0.5, 0.6) is 0 Å². The van der Waals surface area contributed by atoms with E-state index < -0.39 is 0 Å². The van der Waals surface area contributed by atoms with Crippen molar-refractivity contribution in [3.8, 4) is 0 Å². The largest absolute Gasteiger partial charge is 0.462 e. The summed E-state index contributed by atoms with van der Waals surface area (Å²) in [7, 11) is 0. The SMILES string of the molecule is CC(=O)O[C@H]1CCC2C3C(CC[C@@]21C)C1CCC(=O)C=C1C[C@H]3C. The van der Waals surface area contributed by atoms with E-state index in [1.807, 2.05) is 6.08 Å². The fourth-order valence-corrected chi connectivity index (χ4v) is 6.93. The van der Waals surface area contributed by atoms with Crippen LogP contribution < -0.4 is 0 Å². The Morgan fingerprint density at radius 2 is 2.04 bits per heavy atom. The zero-order valence-corrected chi connectivity index (χ0v) is 15.2. The van der Waals surface area contributed by atoms with Crippen molar-refractivity contribution in [1.29, 1.82) is 0 Å². The molecule has 0 heterocycles. The smallest absolute Gasteiger partial charge is 0.302 e. The third-order valence-electron chi connectivity index (χ3n) is 7.86. The molecular weight excluding hydrogens is 300 g/mol. The Hall–Kier alpha value is -1.12. The van der Waals surface area contributed by atoms with E-state index in [-0.39, 0.29) is 17.5 Å². The lowest BCUT2D eigenvalue weighted by atomic mass is 9.49. The molecule has 3 nitrogen and oxygen atoms in total. The van der Waals surface area contributed by atoms with E-state index in [0.717, 1.165) is 37.5 Å². The first-order valence-electron chi connectivity index (χ1n) is 9.80. The first-order chi connectivity index (χ1) is 11.4.